The molecule has 2 heterocycles. The van der Waals surface area contributed by atoms with Crippen LogP contribution in [0.2, 0.25) is 10.4 Å². The molecule has 2 rings (SSSR count). The van der Waals surface area contributed by atoms with Crippen molar-refractivity contribution in [1.29, 1.82) is 0 Å². The number of rotatable bonds is 2. The van der Waals surface area contributed by atoms with Crippen molar-refractivity contribution in [1.82, 2.24) is 15.0 Å². The summed E-state index contributed by atoms with van der Waals surface area (Å²) in [7, 11) is 0. The van der Waals surface area contributed by atoms with E-state index in [1.807, 2.05) is 12.3 Å². The highest BCUT2D eigenvalue weighted by Gasteiger charge is 2.16. The van der Waals surface area contributed by atoms with E-state index < -0.39 is 0 Å². The van der Waals surface area contributed by atoms with Crippen molar-refractivity contribution in [3.63, 3.8) is 0 Å². The van der Waals surface area contributed by atoms with Gasteiger partial charge >= 0.3 is 0 Å². The number of hydrogen-bond acceptors (Lipinski definition) is 5. The molecule has 2 aromatic heterocycles. The van der Waals surface area contributed by atoms with Crippen molar-refractivity contribution in [2.75, 3.05) is 0 Å². The minimum absolute atomic E-state index is 0.120. The predicted octanol–water partition coefficient (Wildman–Crippen LogP) is 3.57. The lowest BCUT2D eigenvalue weighted by atomic mass is 10.3. The van der Waals surface area contributed by atoms with Crippen LogP contribution in [0.1, 0.15) is 21.6 Å². The Hall–Kier alpha value is -0.360. The molecular weight excluding hydrogens is 285 g/mol. The standard InChI is InChI=1S/C9H7Cl2N3S2/c1-4-3-16-8(12-4)7(15)5-2-6(10)14-9(11)13-5/h2-3,7,15H,1H3. The first-order valence-electron chi connectivity index (χ1n) is 4.36. The van der Waals surface area contributed by atoms with Gasteiger partial charge in [0, 0.05) is 11.1 Å². The molecule has 1 atom stereocenters. The van der Waals surface area contributed by atoms with Crippen LogP contribution in [0.3, 0.4) is 0 Å². The average Bonchev–Trinajstić information content (AvgIpc) is 2.62. The molecule has 84 valence electrons. The molecule has 3 nitrogen and oxygen atoms in total. The number of halogens is 2. The van der Waals surface area contributed by atoms with Crippen LogP contribution in [0, 0.1) is 6.92 Å². The maximum absolute atomic E-state index is 5.80. The molecule has 0 amide bonds. The van der Waals surface area contributed by atoms with E-state index in [1.54, 1.807) is 6.07 Å². The Balaban J connectivity index is 2.37. The third-order valence-electron chi connectivity index (χ3n) is 1.84. The van der Waals surface area contributed by atoms with Crippen molar-refractivity contribution in [3.05, 3.63) is 38.3 Å². The molecule has 1 unspecified atom stereocenters. The Kier molecular flexibility index (Phi) is 3.69. The molecule has 0 radical (unpaired) electrons. The monoisotopic (exact) mass is 291 g/mol. The second-order valence-electron chi connectivity index (χ2n) is 3.11. The van der Waals surface area contributed by atoms with Crippen LogP contribution in [-0.2, 0) is 0 Å². The lowest BCUT2D eigenvalue weighted by Crippen LogP contribution is -1.98. The fourth-order valence-electron chi connectivity index (χ4n) is 1.17. The zero-order valence-corrected chi connectivity index (χ0v) is 11.4. The first kappa shape index (κ1) is 12.1. The van der Waals surface area contributed by atoms with Gasteiger partial charge in [-0.2, -0.15) is 12.6 Å². The summed E-state index contributed by atoms with van der Waals surface area (Å²) in [6.45, 7) is 1.93. The molecule has 0 N–H and O–H groups in total. The maximum Gasteiger partial charge on any atom is 0.224 e. The second-order valence-corrected chi connectivity index (χ2v) is 5.25. The van der Waals surface area contributed by atoms with Gasteiger partial charge in [0.15, 0.2) is 0 Å². The molecule has 0 aliphatic carbocycles. The average molecular weight is 292 g/mol. The third kappa shape index (κ3) is 2.66. The van der Waals surface area contributed by atoms with Gasteiger partial charge in [-0.3, -0.25) is 0 Å². The molecule has 0 aromatic carbocycles. The quantitative estimate of drug-likeness (QED) is 0.522. The fourth-order valence-corrected chi connectivity index (χ4v) is 2.76. The zero-order valence-electron chi connectivity index (χ0n) is 8.19. The van der Waals surface area contributed by atoms with Gasteiger partial charge in [-0.15, -0.1) is 11.3 Å². The largest absolute Gasteiger partial charge is 0.245 e. The molecule has 0 aliphatic rings. The Morgan fingerprint density at radius 1 is 1.31 bits per heavy atom. The minimum atomic E-state index is -0.225. The number of aromatic nitrogens is 3. The fraction of sp³-hybridized carbons (Fsp3) is 0.222. The number of thiol groups is 1. The smallest absolute Gasteiger partial charge is 0.224 e. The summed E-state index contributed by atoms with van der Waals surface area (Å²) in [5.74, 6) is 0. The highest BCUT2D eigenvalue weighted by atomic mass is 35.5. The van der Waals surface area contributed by atoms with Gasteiger partial charge in [-0.25, -0.2) is 15.0 Å². The van der Waals surface area contributed by atoms with Crippen LogP contribution < -0.4 is 0 Å². The predicted molar refractivity (Wildman–Crippen MR) is 69.7 cm³/mol. The number of nitrogens with zero attached hydrogens (tertiary/aromatic N) is 3. The van der Waals surface area contributed by atoms with Gasteiger partial charge in [-0.1, -0.05) is 11.6 Å². The first-order chi connectivity index (χ1) is 7.56. The van der Waals surface area contributed by atoms with Gasteiger partial charge in [-0.05, 0) is 24.6 Å². The van der Waals surface area contributed by atoms with Crippen LogP contribution in [-0.4, -0.2) is 15.0 Å². The lowest BCUT2D eigenvalue weighted by molar-refractivity contribution is 0.992. The minimum Gasteiger partial charge on any atom is -0.245 e. The van der Waals surface area contributed by atoms with Crippen LogP contribution >= 0.6 is 47.2 Å². The number of thiazole rings is 1. The summed E-state index contributed by atoms with van der Waals surface area (Å²) >= 11 is 17.5. The summed E-state index contributed by atoms with van der Waals surface area (Å²) in [6.07, 6.45) is 0. The summed E-state index contributed by atoms with van der Waals surface area (Å²) in [5.41, 5.74) is 1.62. The molecule has 0 saturated heterocycles. The maximum atomic E-state index is 5.80. The normalized spacial score (nSPS) is 12.8. The molecule has 16 heavy (non-hydrogen) atoms. The summed E-state index contributed by atoms with van der Waals surface area (Å²) < 4.78 is 0. The molecule has 0 bridgehead atoms. The summed E-state index contributed by atoms with van der Waals surface area (Å²) in [6, 6.07) is 1.64. The lowest BCUT2D eigenvalue weighted by Gasteiger charge is -2.07. The number of aryl methyl sites for hydroxylation is 1. The molecule has 7 heteroatoms. The van der Waals surface area contributed by atoms with Gasteiger partial charge in [0.05, 0.1) is 10.9 Å². The number of hydrogen-bond donors (Lipinski definition) is 1. The first-order valence-corrected chi connectivity index (χ1v) is 6.51. The van der Waals surface area contributed by atoms with E-state index in [1.165, 1.54) is 11.3 Å². The van der Waals surface area contributed by atoms with Crippen LogP contribution in [0.15, 0.2) is 11.4 Å². The van der Waals surface area contributed by atoms with Gasteiger partial charge in [0.25, 0.3) is 0 Å². The van der Waals surface area contributed by atoms with E-state index in [2.05, 4.69) is 27.6 Å². The molecule has 2 aromatic rings. The Labute approximate surface area is 112 Å². The topological polar surface area (TPSA) is 38.7 Å². The van der Waals surface area contributed by atoms with Crippen LogP contribution in [0.4, 0.5) is 0 Å². The van der Waals surface area contributed by atoms with E-state index in [0.717, 1.165) is 10.7 Å². The van der Waals surface area contributed by atoms with Crippen LogP contribution in [0.5, 0.6) is 0 Å². The van der Waals surface area contributed by atoms with Gasteiger partial charge in [0.1, 0.15) is 10.2 Å². The van der Waals surface area contributed by atoms with E-state index in [9.17, 15) is 0 Å². The molecule has 0 saturated carbocycles. The highest BCUT2D eigenvalue weighted by Crippen LogP contribution is 2.30. The van der Waals surface area contributed by atoms with E-state index in [-0.39, 0.29) is 10.5 Å². The van der Waals surface area contributed by atoms with Crippen molar-refractivity contribution in [2.24, 2.45) is 0 Å². The third-order valence-corrected chi connectivity index (χ3v) is 3.91. The van der Waals surface area contributed by atoms with Crippen molar-refractivity contribution < 1.29 is 0 Å². The Morgan fingerprint density at radius 2 is 2.06 bits per heavy atom. The molecule has 0 aliphatic heterocycles. The van der Waals surface area contributed by atoms with Crippen molar-refractivity contribution in [2.45, 2.75) is 12.2 Å². The van der Waals surface area contributed by atoms with E-state index >= 15 is 0 Å². The molecule has 0 fully saturated rings. The summed E-state index contributed by atoms with van der Waals surface area (Å²) in [5, 5.41) is 3.03. The Bertz CT molecular complexity index is 495. The SMILES string of the molecule is Cc1csc(C(S)c2cc(Cl)nc(Cl)n2)n1. The second kappa shape index (κ2) is 4.87. The zero-order chi connectivity index (χ0) is 11.7. The van der Waals surface area contributed by atoms with E-state index in [0.29, 0.717) is 10.8 Å². The molecule has 0 spiro atoms. The van der Waals surface area contributed by atoms with E-state index in [4.69, 9.17) is 23.2 Å². The Morgan fingerprint density at radius 3 is 2.62 bits per heavy atom. The van der Waals surface area contributed by atoms with Crippen molar-refractivity contribution in [3.8, 4) is 0 Å². The highest BCUT2D eigenvalue weighted by molar-refractivity contribution is 7.80. The summed E-state index contributed by atoms with van der Waals surface area (Å²) in [4.78, 5) is 12.2. The van der Waals surface area contributed by atoms with Gasteiger partial charge in [0.2, 0.25) is 5.28 Å². The van der Waals surface area contributed by atoms with Crippen LogP contribution in [0.25, 0.3) is 0 Å². The molecular formula is C9H7Cl2N3S2. The van der Waals surface area contributed by atoms with Gasteiger partial charge < -0.3 is 0 Å². The van der Waals surface area contributed by atoms with Crippen molar-refractivity contribution >= 4 is 47.2 Å².